The zero-order valence-corrected chi connectivity index (χ0v) is 10.9. The molecule has 14 heavy (non-hydrogen) atoms. The van der Waals surface area contributed by atoms with Crippen LogP contribution in [0.25, 0.3) is 0 Å². The zero-order valence-electron chi connectivity index (χ0n) is 8.59. The van der Waals surface area contributed by atoms with Gasteiger partial charge in [-0.1, -0.05) is 20.8 Å². The predicted molar refractivity (Wildman–Crippen MR) is 62.5 cm³/mol. The van der Waals surface area contributed by atoms with Crippen molar-refractivity contribution >= 4 is 27.5 Å². The first-order valence-electron chi connectivity index (χ1n) is 4.50. The fourth-order valence-corrected chi connectivity index (χ4v) is 1.25. The van der Waals surface area contributed by atoms with Crippen LogP contribution in [0.5, 0.6) is 0 Å². The van der Waals surface area contributed by atoms with Crippen LogP contribution in [0.1, 0.15) is 26.6 Å². The van der Waals surface area contributed by atoms with Gasteiger partial charge in [0.05, 0.1) is 4.47 Å². The quantitative estimate of drug-likeness (QED) is 0.774. The number of rotatable bonds is 2. The Balaban J connectivity index is 2.65. The predicted octanol–water partition coefficient (Wildman–Crippen LogP) is 3.44. The Morgan fingerprint density at radius 2 is 1.86 bits per heavy atom. The molecule has 0 spiro atoms. The van der Waals surface area contributed by atoms with Crippen LogP contribution >= 0.6 is 27.5 Å². The first-order valence-corrected chi connectivity index (χ1v) is 5.73. The summed E-state index contributed by atoms with van der Waals surface area (Å²) in [5.74, 6) is 0.795. The highest BCUT2D eigenvalue weighted by Gasteiger charge is 2.23. The van der Waals surface area contributed by atoms with Crippen molar-refractivity contribution in [1.29, 1.82) is 0 Å². The van der Waals surface area contributed by atoms with Gasteiger partial charge in [-0.05, 0) is 21.3 Å². The molecular weight excluding hydrogens is 263 g/mol. The Bertz CT molecular complexity index is 292. The lowest BCUT2D eigenvalue weighted by Crippen LogP contribution is -2.23. The highest BCUT2D eigenvalue weighted by Crippen LogP contribution is 2.26. The van der Waals surface area contributed by atoms with Gasteiger partial charge in [0, 0.05) is 24.2 Å². The van der Waals surface area contributed by atoms with Gasteiger partial charge in [-0.15, -0.1) is 11.6 Å². The lowest BCUT2D eigenvalue weighted by Gasteiger charge is -2.24. The Hall–Kier alpha value is -0.150. The Morgan fingerprint density at radius 1 is 1.36 bits per heavy atom. The van der Waals surface area contributed by atoms with Crippen LogP contribution in [0.4, 0.5) is 0 Å². The van der Waals surface area contributed by atoms with Crippen LogP contribution < -0.4 is 0 Å². The van der Waals surface area contributed by atoms with Gasteiger partial charge in [0.1, 0.15) is 5.82 Å². The van der Waals surface area contributed by atoms with E-state index >= 15 is 0 Å². The Kier molecular flexibility index (Phi) is 3.90. The molecule has 2 nitrogen and oxygen atoms in total. The third kappa shape index (κ3) is 3.54. The molecule has 78 valence electrons. The summed E-state index contributed by atoms with van der Waals surface area (Å²) in [6.07, 6.45) is 4.20. The summed E-state index contributed by atoms with van der Waals surface area (Å²) >= 11 is 9.53. The number of aromatic nitrogens is 2. The standard InChI is InChI=1S/C10H14BrClN2/c1-10(2,3)8(12)4-9-13-5-7(11)6-14-9/h5-6,8H,4H2,1-3H3. The van der Waals surface area contributed by atoms with Gasteiger partial charge in [-0.2, -0.15) is 0 Å². The van der Waals surface area contributed by atoms with E-state index in [0.29, 0.717) is 6.42 Å². The minimum absolute atomic E-state index is 0.0590. The van der Waals surface area contributed by atoms with Crippen molar-refractivity contribution < 1.29 is 0 Å². The minimum atomic E-state index is 0.0590. The maximum atomic E-state index is 6.24. The molecule has 1 atom stereocenters. The summed E-state index contributed by atoms with van der Waals surface area (Å²) in [5, 5.41) is 0.0590. The molecule has 1 rings (SSSR count). The second kappa shape index (κ2) is 4.58. The number of nitrogens with zero attached hydrogens (tertiary/aromatic N) is 2. The summed E-state index contributed by atoms with van der Waals surface area (Å²) < 4.78 is 0.892. The highest BCUT2D eigenvalue weighted by atomic mass is 79.9. The first kappa shape index (κ1) is 11.9. The van der Waals surface area contributed by atoms with Crippen LogP contribution in [0, 0.1) is 5.41 Å². The van der Waals surface area contributed by atoms with Gasteiger partial charge < -0.3 is 0 Å². The maximum Gasteiger partial charge on any atom is 0.129 e. The molecule has 0 bridgehead atoms. The minimum Gasteiger partial charge on any atom is -0.240 e. The molecule has 0 N–H and O–H groups in total. The number of hydrogen-bond acceptors (Lipinski definition) is 2. The average Bonchev–Trinajstić information content (AvgIpc) is 2.07. The molecule has 4 heteroatoms. The molecule has 0 saturated heterocycles. The van der Waals surface area contributed by atoms with Gasteiger partial charge in [-0.3, -0.25) is 0 Å². The van der Waals surface area contributed by atoms with Crippen molar-refractivity contribution in [2.24, 2.45) is 5.41 Å². The van der Waals surface area contributed by atoms with Crippen molar-refractivity contribution in [3.05, 3.63) is 22.7 Å². The van der Waals surface area contributed by atoms with Crippen molar-refractivity contribution in [1.82, 2.24) is 9.97 Å². The smallest absolute Gasteiger partial charge is 0.129 e. The second-order valence-corrected chi connectivity index (χ2v) is 5.80. The molecule has 0 amide bonds. The molecule has 0 aliphatic carbocycles. The SMILES string of the molecule is CC(C)(C)C(Cl)Cc1ncc(Br)cn1. The number of alkyl halides is 1. The molecule has 1 heterocycles. The van der Waals surface area contributed by atoms with Gasteiger partial charge in [0.15, 0.2) is 0 Å². The molecule has 1 aromatic heterocycles. The molecular formula is C10H14BrClN2. The van der Waals surface area contributed by atoms with E-state index in [9.17, 15) is 0 Å². The second-order valence-electron chi connectivity index (χ2n) is 4.36. The van der Waals surface area contributed by atoms with Gasteiger partial charge in [0.2, 0.25) is 0 Å². The summed E-state index contributed by atoms with van der Waals surface area (Å²) in [7, 11) is 0. The molecule has 0 fully saturated rings. The molecule has 0 aliphatic rings. The zero-order chi connectivity index (χ0) is 10.8. The fourth-order valence-electron chi connectivity index (χ4n) is 0.911. The van der Waals surface area contributed by atoms with Crippen LogP contribution in [0.3, 0.4) is 0 Å². The number of halogens is 2. The topological polar surface area (TPSA) is 25.8 Å². The lowest BCUT2D eigenvalue weighted by molar-refractivity contribution is 0.382. The maximum absolute atomic E-state index is 6.24. The van der Waals surface area contributed by atoms with Gasteiger partial charge in [0.25, 0.3) is 0 Å². The highest BCUT2D eigenvalue weighted by molar-refractivity contribution is 9.10. The summed E-state index contributed by atoms with van der Waals surface area (Å²) in [5.41, 5.74) is 0.0813. The Morgan fingerprint density at radius 3 is 2.29 bits per heavy atom. The lowest BCUT2D eigenvalue weighted by atomic mass is 9.90. The monoisotopic (exact) mass is 276 g/mol. The first-order chi connectivity index (χ1) is 6.39. The molecule has 0 radical (unpaired) electrons. The van der Waals surface area contributed by atoms with E-state index in [1.807, 2.05) is 0 Å². The van der Waals surface area contributed by atoms with Crippen LogP contribution in [-0.2, 0) is 6.42 Å². The van der Waals surface area contributed by atoms with Crippen molar-refractivity contribution in [3.63, 3.8) is 0 Å². The van der Waals surface area contributed by atoms with Gasteiger partial charge in [-0.25, -0.2) is 9.97 Å². The van der Waals surface area contributed by atoms with Crippen molar-refractivity contribution in [2.75, 3.05) is 0 Å². The normalized spacial score (nSPS) is 14.1. The van der Waals surface area contributed by atoms with Crippen molar-refractivity contribution in [2.45, 2.75) is 32.6 Å². The van der Waals surface area contributed by atoms with Crippen LogP contribution in [0.15, 0.2) is 16.9 Å². The van der Waals surface area contributed by atoms with E-state index in [0.717, 1.165) is 10.3 Å². The fraction of sp³-hybridized carbons (Fsp3) is 0.600. The summed E-state index contributed by atoms with van der Waals surface area (Å²) in [4.78, 5) is 8.38. The van der Waals surface area contributed by atoms with E-state index in [-0.39, 0.29) is 10.8 Å². The Labute approximate surface area is 98.2 Å². The number of hydrogen-bond donors (Lipinski definition) is 0. The summed E-state index contributed by atoms with van der Waals surface area (Å²) in [6.45, 7) is 6.34. The molecule has 0 aliphatic heterocycles. The van der Waals surface area contributed by atoms with E-state index in [2.05, 4.69) is 46.7 Å². The summed E-state index contributed by atoms with van der Waals surface area (Å²) in [6, 6.07) is 0. The molecule has 1 aromatic rings. The third-order valence-electron chi connectivity index (χ3n) is 1.98. The van der Waals surface area contributed by atoms with E-state index < -0.39 is 0 Å². The largest absolute Gasteiger partial charge is 0.240 e. The van der Waals surface area contributed by atoms with E-state index in [4.69, 9.17) is 11.6 Å². The van der Waals surface area contributed by atoms with E-state index in [1.54, 1.807) is 12.4 Å². The molecule has 1 unspecified atom stereocenters. The van der Waals surface area contributed by atoms with Crippen LogP contribution in [-0.4, -0.2) is 15.3 Å². The van der Waals surface area contributed by atoms with Gasteiger partial charge >= 0.3 is 0 Å². The van der Waals surface area contributed by atoms with Crippen molar-refractivity contribution in [3.8, 4) is 0 Å². The average molecular weight is 278 g/mol. The third-order valence-corrected chi connectivity index (χ3v) is 3.19. The molecule has 0 saturated carbocycles. The van der Waals surface area contributed by atoms with Crippen LogP contribution in [0.2, 0.25) is 0 Å². The molecule has 0 aromatic carbocycles. The van der Waals surface area contributed by atoms with E-state index in [1.165, 1.54) is 0 Å².